The van der Waals surface area contributed by atoms with E-state index in [0.29, 0.717) is 17.9 Å². The summed E-state index contributed by atoms with van der Waals surface area (Å²) in [5.74, 6) is 1.37. The molecule has 0 radical (unpaired) electrons. The van der Waals surface area contributed by atoms with Crippen molar-refractivity contribution in [2.24, 2.45) is 0 Å². The molecule has 9 heteroatoms. The Labute approximate surface area is 170 Å². The molecule has 0 saturated carbocycles. The lowest BCUT2D eigenvalue weighted by atomic mass is 10.1. The molecule has 3 aromatic heterocycles. The molecule has 0 unspecified atom stereocenters. The predicted molar refractivity (Wildman–Crippen MR) is 112 cm³/mol. The molecule has 3 aromatic rings. The van der Waals surface area contributed by atoms with Crippen molar-refractivity contribution < 1.29 is 4.74 Å². The van der Waals surface area contributed by atoms with Crippen molar-refractivity contribution in [1.29, 1.82) is 0 Å². The van der Waals surface area contributed by atoms with Gasteiger partial charge in [-0.25, -0.2) is 14.5 Å². The van der Waals surface area contributed by atoms with E-state index in [2.05, 4.69) is 45.2 Å². The van der Waals surface area contributed by atoms with Crippen molar-refractivity contribution in [2.75, 3.05) is 36.8 Å². The fraction of sp³-hybridized carbons (Fsp3) is 0.500. The van der Waals surface area contributed by atoms with Gasteiger partial charge in [0.05, 0.1) is 18.0 Å². The number of nitrogens with zero attached hydrogens (tertiary/aromatic N) is 6. The van der Waals surface area contributed by atoms with Gasteiger partial charge < -0.3 is 20.7 Å². The number of piperazine rings is 1. The molecule has 0 aliphatic carbocycles. The number of hydrogen-bond acceptors (Lipinski definition) is 8. The van der Waals surface area contributed by atoms with Crippen LogP contribution in [0.1, 0.15) is 37.1 Å². The molecule has 9 nitrogen and oxygen atoms in total. The standard InChI is InChI=1S/C20H28N8O/c1-4-14(3)29-20-25-17(21)19-24-12-16(28(19)26-20)10-15-9-13(2)18(23-11-15)27-7-5-22-6-8-27/h9,11-12,14,22H,4-8,10H2,1-3H3,(H2,21,25,26)/t14-/m0/s1. The van der Waals surface area contributed by atoms with Crippen molar-refractivity contribution in [3.05, 3.63) is 35.3 Å². The zero-order chi connectivity index (χ0) is 20.4. The summed E-state index contributed by atoms with van der Waals surface area (Å²) in [6, 6.07) is 2.46. The number of ether oxygens (including phenoxy) is 1. The lowest BCUT2D eigenvalue weighted by Crippen LogP contribution is -2.44. The van der Waals surface area contributed by atoms with E-state index in [-0.39, 0.29) is 12.1 Å². The Balaban J connectivity index is 1.59. The van der Waals surface area contributed by atoms with Crippen molar-refractivity contribution in [3.63, 3.8) is 0 Å². The molecule has 1 fully saturated rings. The number of hydrogen-bond donors (Lipinski definition) is 2. The van der Waals surface area contributed by atoms with Crippen molar-refractivity contribution in [2.45, 2.75) is 39.7 Å². The lowest BCUT2D eigenvalue weighted by molar-refractivity contribution is 0.196. The van der Waals surface area contributed by atoms with Crippen LogP contribution >= 0.6 is 0 Å². The highest BCUT2D eigenvalue weighted by Gasteiger charge is 2.16. The smallest absolute Gasteiger partial charge is 0.336 e. The molecule has 1 saturated heterocycles. The second-order valence-corrected chi connectivity index (χ2v) is 7.50. The van der Waals surface area contributed by atoms with Crippen molar-refractivity contribution in [1.82, 2.24) is 29.9 Å². The molecule has 1 aliphatic rings. The Kier molecular flexibility index (Phi) is 5.48. The number of nitrogens with two attached hydrogens (primary N) is 1. The molecule has 1 atom stereocenters. The van der Waals surface area contributed by atoms with Gasteiger partial charge in [-0.1, -0.05) is 13.0 Å². The van der Waals surface area contributed by atoms with E-state index in [1.54, 1.807) is 10.7 Å². The third-order valence-corrected chi connectivity index (χ3v) is 5.23. The van der Waals surface area contributed by atoms with Crippen LogP contribution in [0.5, 0.6) is 6.01 Å². The normalized spacial score (nSPS) is 15.6. The van der Waals surface area contributed by atoms with Crippen LogP contribution in [-0.2, 0) is 6.42 Å². The average molecular weight is 396 g/mol. The fourth-order valence-corrected chi connectivity index (χ4v) is 3.50. The van der Waals surface area contributed by atoms with Gasteiger partial charge in [0, 0.05) is 38.8 Å². The van der Waals surface area contributed by atoms with E-state index in [0.717, 1.165) is 49.7 Å². The maximum Gasteiger partial charge on any atom is 0.336 e. The topological polar surface area (TPSA) is 106 Å². The van der Waals surface area contributed by atoms with Crippen LogP contribution in [0.15, 0.2) is 18.5 Å². The molecule has 4 heterocycles. The molecular weight excluding hydrogens is 368 g/mol. The molecule has 0 aromatic carbocycles. The van der Waals surface area contributed by atoms with Gasteiger partial charge in [-0.2, -0.15) is 4.98 Å². The van der Waals surface area contributed by atoms with E-state index in [4.69, 9.17) is 15.5 Å². The minimum absolute atomic E-state index is 0.0169. The Morgan fingerprint density at radius 3 is 2.76 bits per heavy atom. The number of aryl methyl sites for hydroxylation is 1. The highest BCUT2D eigenvalue weighted by molar-refractivity contribution is 5.60. The highest BCUT2D eigenvalue weighted by atomic mass is 16.5. The Morgan fingerprint density at radius 2 is 2.03 bits per heavy atom. The summed E-state index contributed by atoms with van der Waals surface area (Å²) >= 11 is 0. The third-order valence-electron chi connectivity index (χ3n) is 5.23. The molecule has 0 bridgehead atoms. The third kappa shape index (κ3) is 4.09. The van der Waals surface area contributed by atoms with Crippen LogP contribution in [0.2, 0.25) is 0 Å². The monoisotopic (exact) mass is 396 g/mol. The summed E-state index contributed by atoms with van der Waals surface area (Å²) in [6.45, 7) is 10.1. The number of nitrogen functional groups attached to an aromatic ring is 1. The SMILES string of the molecule is CC[C@H](C)Oc1nc(N)c2ncc(Cc3cnc(N4CCNCC4)c(C)c3)n2n1. The zero-order valence-electron chi connectivity index (χ0n) is 17.2. The van der Waals surface area contributed by atoms with Crippen LogP contribution in [-0.4, -0.2) is 56.8 Å². The molecule has 29 heavy (non-hydrogen) atoms. The molecule has 154 valence electrons. The van der Waals surface area contributed by atoms with Gasteiger partial charge in [0.2, 0.25) is 0 Å². The first kappa shape index (κ1) is 19.4. The van der Waals surface area contributed by atoms with Gasteiger partial charge >= 0.3 is 6.01 Å². The summed E-state index contributed by atoms with van der Waals surface area (Å²) in [4.78, 5) is 15.7. The Morgan fingerprint density at radius 1 is 1.24 bits per heavy atom. The van der Waals surface area contributed by atoms with Crippen LogP contribution in [0.4, 0.5) is 11.6 Å². The number of aromatic nitrogens is 5. The van der Waals surface area contributed by atoms with Gasteiger partial charge in [0.15, 0.2) is 11.5 Å². The van der Waals surface area contributed by atoms with Crippen molar-refractivity contribution in [3.8, 4) is 6.01 Å². The van der Waals surface area contributed by atoms with Gasteiger partial charge in [0.1, 0.15) is 5.82 Å². The average Bonchev–Trinajstić information content (AvgIpc) is 3.12. The number of rotatable bonds is 6. The molecule has 4 rings (SSSR count). The van der Waals surface area contributed by atoms with Gasteiger partial charge in [-0.3, -0.25) is 0 Å². The predicted octanol–water partition coefficient (Wildman–Crippen LogP) is 1.59. The van der Waals surface area contributed by atoms with Gasteiger partial charge in [-0.05, 0) is 31.4 Å². The Hall–Kier alpha value is -2.94. The largest absolute Gasteiger partial charge is 0.459 e. The van der Waals surface area contributed by atoms with Crippen molar-refractivity contribution >= 4 is 17.3 Å². The molecule has 3 N–H and O–H groups in total. The van der Waals surface area contributed by atoms with Gasteiger partial charge in [0.25, 0.3) is 0 Å². The minimum atomic E-state index is 0.0169. The fourth-order valence-electron chi connectivity index (χ4n) is 3.50. The summed E-state index contributed by atoms with van der Waals surface area (Å²) < 4.78 is 7.48. The first-order valence-corrected chi connectivity index (χ1v) is 10.1. The van der Waals surface area contributed by atoms with Gasteiger partial charge in [-0.15, -0.1) is 5.10 Å². The van der Waals surface area contributed by atoms with E-state index in [9.17, 15) is 0 Å². The number of fused-ring (bicyclic) bond motifs is 1. The zero-order valence-corrected chi connectivity index (χ0v) is 17.2. The number of anilines is 2. The molecule has 0 amide bonds. The first-order chi connectivity index (χ1) is 14.0. The summed E-state index contributed by atoms with van der Waals surface area (Å²) in [5.41, 5.74) is 9.80. The second-order valence-electron chi connectivity index (χ2n) is 7.50. The van der Waals surface area contributed by atoms with E-state index in [1.165, 1.54) is 5.56 Å². The maximum atomic E-state index is 6.07. The van der Waals surface area contributed by atoms with E-state index >= 15 is 0 Å². The van der Waals surface area contributed by atoms with E-state index in [1.807, 2.05) is 13.1 Å². The minimum Gasteiger partial charge on any atom is -0.459 e. The van der Waals surface area contributed by atoms with Crippen LogP contribution in [0.3, 0.4) is 0 Å². The van der Waals surface area contributed by atoms with Crippen LogP contribution in [0.25, 0.3) is 5.65 Å². The molecular formula is C20H28N8O. The van der Waals surface area contributed by atoms with E-state index < -0.39 is 0 Å². The second kappa shape index (κ2) is 8.20. The highest BCUT2D eigenvalue weighted by Crippen LogP contribution is 2.21. The quantitative estimate of drug-likeness (QED) is 0.647. The number of pyridine rings is 1. The first-order valence-electron chi connectivity index (χ1n) is 10.1. The summed E-state index contributed by atoms with van der Waals surface area (Å²) in [5, 5.41) is 7.87. The lowest BCUT2D eigenvalue weighted by Gasteiger charge is -2.29. The summed E-state index contributed by atoms with van der Waals surface area (Å²) in [6.07, 6.45) is 5.25. The summed E-state index contributed by atoms with van der Waals surface area (Å²) in [7, 11) is 0. The maximum absolute atomic E-state index is 6.07. The molecule has 1 aliphatic heterocycles. The Bertz CT molecular complexity index is 996. The number of nitrogens with one attached hydrogen (secondary N) is 1. The number of imidazole rings is 1. The van der Waals surface area contributed by atoms with Crippen LogP contribution < -0.4 is 20.7 Å². The van der Waals surface area contributed by atoms with Crippen LogP contribution in [0, 0.1) is 6.92 Å². The molecule has 0 spiro atoms.